The van der Waals surface area contributed by atoms with Crippen molar-refractivity contribution in [3.8, 4) is 0 Å². The number of nitrogens with zero attached hydrogens (tertiary/aromatic N) is 1. The Labute approximate surface area is 184 Å². The molecule has 0 heterocycles. The van der Waals surface area contributed by atoms with E-state index in [1.54, 1.807) is 0 Å². The first-order valence-electron chi connectivity index (χ1n) is 11.7. The van der Waals surface area contributed by atoms with E-state index in [0.29, 0.717) is 11.8 Å². The lowest BCUT2D eigenvalue weighted by Crippen LogP contribution is -2.47. The largest absolute Gasteiger partial charge is 0.481 e. The second-order valence-electron chi connectivity index (χ2n) is 10.2. The monoisotopic (exact) mass is 417 g/mol. The zero-order valence-electron chi connectivity index (χ0n) is 20.0. The van der Waals surface area contributed by atoms with Crippen molar-refractivity contribution in [1.82, 2.24) is 4.90 Å². The van der Waals surface area contributed by atoms with Crippen molar-refractivity contribution >= 4 is 5.97 Å². The lowest BCUT2D eigenvalue weighted by atomic mass is 9.62. The molecule has 1 N–H and O–H groups in total. The summed E-state index contributed by atoms with van der Waals surface area (Å²) in [4.78, 5) is 12.1. The Bertz CT molecular complexity index is 672. The van der Waals surface area contributed by atoms with E-state index < -0.39 is 5.97 Å². The number of carboxylic acids is 1. The fourth-order valence-corrected chi connectivity index (χ4v) is 5.62. The molecule has 0 radical (unpaired) electrons. The highest BCUT2D eigenvalue weighted by molar-refractivity contribution is 5.66. The summed E-state index contributed by atoms with van der Waals surface area (Å²) in [5.41, 5.74) is 1.84. The Morgan fingerprint density at radius 2 is 1.83 bits per heavy atom. The number of rotatable bonds is 9. The van der Waals surface area contributed by atoms with Gasteiger partial charge in [0.1, 0.15) is 0 Å². The Balaban J connectivity index is 0.000000343. The van der Waals surface area contributed by atoms with Gasteiger partial charge >= 0.3 is 5.97 Å². The van der Waals surface area contributed by atoms with Gasteiger partial charge in [0.05, 0.1) is 12.2 Å². The van der Waals surface area contributed by atoms with Crippen molar-refractivity contribution in [3.63, 3.8) is 0 Å². The molecule has 1 aromatic carbocycles. The predicted octanol–water partition coefficient (Wildman–Crippen LogP) is 5.96. The van der Waals surface area contributed by atoms with E-state index in [-0.39, 0.29) is 11.0 Å². The maximum Gasteiger partial charge on any atom is 0.303 e. The van der Waals surface area contributed by atoms with Gasteiger partial charge in [-0.2, -0.15) is 0 Å². The van der Waals surface area contributed by atoms with Crippen LogP contribution < -0.4 is 0 Å². The molecule has 0 spiro atoms. The Hall–Kier alpha value is -1.39. The topological polar surface area (TPSA) is 49.8 Å². The molecule has 1 aromatic rings. The summed E-state index contributed by atoms with van der Waals surface area (Å²) in [6, 6.07) is 11.0. The lowest BCUT2D eigenvalue weighted by Gasteiger charge is -2.49. The number of unbranched alkanes of at least 4 members (excludes halogenated alkanes) is 2. The second kappa shape index (κ2) is 10.3. The number of hydrogen-bond acceptors (Lipinski definition) is 3. The normalized spacial score (nSPS) is 29.0. The minimum absolute atomic E-state index is 0.114. The smallest absolute Gasteiger partial charge is 0.303 e. The van der Waals surface area contributed by atoms with Crippen LogP contribution in [0.5, 0.6) is 0 Å². The van der Waals surface area contributed by atoms with E-state index >= 15 is 0 Å². The van der Waals surface area contributed by atoms with Crippen LogP contribution in [0.25, 0.3) is 0 Å². The first-order chi connectivity index (χ1) is 14.1. The maximum absolute atomic E-state index is 9.87. The molecule has 0 aliphatic heterocycles. The average molecular weight is 418 g/mol. The molecule has 0 saturated heterocycles. The summed E-state index contributed by atoms with van der Waals surface area (Å²) in [5, 5.41) is 8.14. The summed E-state index contributed by atoms with van der Waals surface area (Å²) in [7, 11) is 4.23. The summed E-state index contributed by atoms with van der Waals surface area (Å²) < 4.78 is 6.72. The fourth-order valence-electron chi connectivity index (χ4n) is 5.62. The molecule has 2 fully saturated rings. The molecule has 2 aliphatic rings. The highest BCUT2D eigenvalue weighted by Gasteiger charge is 2.69. The molecule has 0 aromatic heterocycles. The fraction of sp³-hybridized carbons (Fsp3) is 0.731. The van der Waals surface area contributed by atoms with Crippen LogP contribution in [0.3, 0.4) is 0 Å². The van der Waals surface area contributed by atoms with Gasteiger partial charge in [-0.15, -0.1) is 0 Å². The molecule has 2 aliphatic carbocycles. The van der Waals surface area contributed by atoms with Crippen LogP contribution in [0.4, 0.5) is 0 Å². The Morgan fingerprint density at radius 3 is 2.30 bits per heavy atom. The van der Waals surface area contributed by atoms with Gasteiger partial charge in [0.25, 0.3) is 0 Å². The van der Waals surface area contributed by atoms with Crippen molar-refractivity contribution < 1.29 is 14.6 Å². The van der Waals surface area contributed by atoms with Gasteiger partial charge in [0.2, 0.25) is 0 Å². The molecule has 4 heteroatoms. The van der Waals surface area contributed by atoms with Crippen molar-refractivity contribution in [2.45, 2.75) is 78.2 Å². The second-order valence-corrected chi connectivity index (χ2v) is 10.2. The predicted molar refractivity (Wildman–Crippen MR) is 124 cm³/mol. The maximum atomic E-state index is 9.87. The molecular formula is C26H43NO3. The summed E-state index contributed by atoms with van der Waals surface area (Å²) >= 11 is 0. The number of carbonyl (C=O) groups is 1. The molecule has 3 rings (SSSR count). The van der Waals surface area contributed by atoms with Crippen LogP contribution >= 0.6 is 0 Å². The first-order valence-corrected chi connectivity index (χ1v) is 11.7. The Kier molecular flexibility index (Phi) is 8.52. The third-order valence-electron chi connectivity index (χ3n) is 7.98. The van der Waals surface area contributed by atoms with Gasteiger partial charge in [-0.25, -0.2) is 0 Å². The molecule has 0 amide bonds. The number of ether oxygens (including phenoxy) is 1. The summed E-state index contributed by atoms with van der Waals surface area (Å²) in [5.74, 6) is 0.0931. The first kappa shape index (κ1) is 24.9. The average Bonchev–Trinajstić information content (AvgIpc) is 3.01. The molecule has 30 heavy (non-hydrogen) atoms. The third-order valence-corrected chi connectivity index (χ3v) is 7.98. The minimum Gasteiger partial charge on any atom is -0.481 e. The molecule has 170 valence electrons. The van der Waals surface area contributed by atoms with Crippen molar-refractivity contribution in [1.29, 1.82) is 0 Å². The van der Waals surface area contributed by atoms with Gasteiger partial charge in [0, 0.05) is 18.4 Å². The van der Waals surface area contributed by atoms with E-state index in [1.807, 2.05) is 0 Å². The van der Waals surface area contributed by atoms with E-state index in [2.05, 4.69) is 77.0 Å². The van der Waals surface area contributed by atoms with Gasteiger partial charge in [-0.05, 0) is 56.7 Å². The third kappa shape index (κ3) is 4.91. The zero-order valence-corrected chi connectivity index (χ0v) is 20.0. The van der Waals surface area contributed by atoms with Crippen molar-refractivity contribution in [2.24, 2.45) is 16.7 Å². The number of likely N-dealkylation sites (N-methyl/N-ethyl adjacent to an activating group) is 1. The standard InChI is InChI=1S/C20H31NO.C6H12O2/c1-18(2)17-11-12-19(18,3)20(15-17,22-14-13-21(4)5)16-9-7-6-8-10-16;1-2-3-4-5-6(7)8/h6-10,17H,11-15H2,1-5H3;2-5H2,1H3,(H,7,8)/t17-,19-,20+;/m1./s1. The van der Waals surface area contributed by atoms with Crippen LogP contribution in [-0.4, -0.2) is 43.2 Å². The molecule has 2 bridgehead atoms. The van der Waals surface area contributed by atoms with E-state index in [9.17, 15) is 4.79 Å². The molecule has 2 saturated carbocycles. The molecule has 0 unspecified atom stereocenters. The summed E-state index contributed by atoms with van der Waals surface area (Å²) in [6.07, 6.45) is 7.09. The zero-order chi connectivity index (χ0) is 22.4. The number of carboxylic acid groups (broad SMARTS) is 1. The van der Waals surface area contributed by atoms with Crippen molar-refractivity contribution in [2.75, 3.05) is 27.2 Å². The SMILES string of the molecule is CCCCCC(=O)O.CN(C)CCO[C@]1(c2ccccc2)C[C@H]2CC[C@]1(C)C2(C)C. The van der Waals surface area contributed by atoms with Crippen LogP contribution in [0.15, 0.2) is 30.3 Å². The van der Waals surface area contributed by atoms with E-state index in [0.717, 1.165) is 38.3 Å². The number of aliphatic carboxylic acids is 1. The number of benzene rings is 1. The number of hydrogen-bond donors (Lipinski definition) is 1. The van der Waals surface area contributed by atoms with Gasteiger partial charge < -0.3 is 14.7 Å². The quantitative estimate of drug-likeness (QED) is 0.504. The molecule has 3 atom stereocenters. The van der Waals surface area contributed by atoms with Gasteiger partial charge in [-0.3, -0.25) is 4.79 Å². The lowest BCUT2D eigenvalue weighted by molar-refractivity contribution is -0.148. The Morgan fingerprint density at radius 1 is 1.17 bits per heavy atom. The van der Waals surface area contributed by atoms with Gasteiger partial charge in [0.15, 0.2) is 0 Å². The molecular weight excluding hydrogens is 374 g/mol. The van der Waals surface area contributed by atoms with Crippen molar-refractivity contribution in [3.05, 3.63) is 35.9 Å². The molecule has 4 nitrogen and oxygen atoms in total. The highest BCUT2D eigenvalue weighted by Crippen LogP contribution is 2.73. The van der Waals surface area contributed by atoms with Gasteiger partial charge in [-0.1, -0.05) is 70.9 Å². The van der Waals surface area contributed by atoms with Crippen LogP contribution in [0.2, 0.25) is 0 Å². The minimum atomic E-state index is -0.682. The highest BCUT2D eigenvalue weighted by atomic mass is 16.5. The van der Waals surface area contributed by atoms with E-state index in [1.165, 1.54) is 24.8 Å². The number of fused-ring (bicyclic) bond motifs is 2. The van der Waals surface area contributed by atoms with Crippen LogP contribution in [0, 0.1) is 16.7 Å². The van der Waals surface area contributed by atoms with Crippen LogP contribution in [0.1, 0.15) is 78.2 Å². The van der Waals surface area contributed by atoms with Crippen LogP contribution in [-0.2, 0) is 15.1 Å². The summed E-state index contributed by atoms with van der Waals surface area (Å²) in [6.45, 7) is 11.2. The van der Waals surface area contributed by atoms with E-state index in [4.69, 9.17) is 9.84 Å².